The summed E-state index contributed by atoms with van der Waals surface area (Å²) in [6.07, 6.45) is 3.59. The van der Waals surface area contributed by atoms with Gasteiger partial charge in [0.15, 0.2) is 0 Å². The van der Waals surface area contributed by atoms with Gasteiger partial charge in [0.05, 0.1) is 0 Å². The van der Waals surface area contributed by atoms with Crippen molar-refractivity contribution in [3.8, 4) is 11.8 Å². The minimum atomic E-state index is -0.214. The predicted molar refractivity (Wildman–Crippen MR) is 48.9 cm³/mol. The zero-order valence-corrected chi connectivity index (χ0v) is 6.84. The van der Waals surface area contributed by atoms with Crippen LogP contribution in [0.3, 0.4) is 0 Å². The van der Waals surface area contributed by atoms with Crippen molar-refractivity contribution in [1.82, 2.24) is 0 Å². The molecular weight excluding hydrogens is 151 g/mol. The van der Waals surface area contributed by atoms with Gasteiger partial charge in [-0.15, -0.1) is 5.92 Å². The first-order valence-electron chi connectivity index (χ1n) is 3.67. The fourth-order valence-corrected chi connectivity index (χ4v) is 0.795. The van der Waals surface area contributed by atoms with Crippen molar-refractivity contribution in [2.24, 2.45) is 0 Å². The molecule has 0 aliphatic heterocycles. The van der Waals surface area contributed by atoms with Crippen molar-refractivity contribution >= 4 is 6.08 Å². The molecule has 0 saturated carbocycles. The Bertz CT molecular complexity index is 322. The highest BCUT2D eigenvalue weighted by Gasteiger charge is 1.86. The van der Waals surface area contributed by atoms with Crippen molar-refractivity contribution < 1.29 is 4.39 Å². The lowest BCUT2D eigenvalue weighted by Crippen LogP contribution is -1.73. The monoisotopic (exact) mass is 160 g/mol. The van der Waals surface area contributed by atoms with Crippen molar-refractivity contribution in [3.05, 3.63) is 41.7 Å². The van der Waals surface area contributed by atoms with Crippen molar-refractivity contribution in [2.75, 3.05) is 0 Å². The molecule has 0 N–H and O–H groups in total. The van der Waals surface area contributed by atoms with Crippen LogP contribution < -0.4 is 0 Å². The van der Waals surface area contributed by atoms with E-state index in [0.29, 0.717) is 0 Å². The Morgan fingerprint density at radius 2 is 1.92 bits per heavy atom. The highest BCUT2D eigenvalue weighted by molar-refractivity contribution is 5.52. The summed E-state index contributed by atoms with van der Waals surface area (Å²) in [4.78, 5) is 0. The maximum absolute atomic E-state index is 12.4. The second-order valence-electron chi connectivity index (χ2n) is 2.28. The first kappa shape index (κ1) is 8.55. The highest BCUT2D eigenvalue weighted by atomic mass is 19.1. The average Bonchev–Trinajstić information content (AvgIpc) is 2.09. The Morgan fingerprint density at radius 1 is 1.25 bits per heavy atom. The predicted octanol–water partition coefficient (Wildman–Crippen LogP) is 2.86. The molecule has 12 heavy (non-hydrogen) atoms. The van der Waals surface area contributed by atoms with Gasteiger partial charge in [0.2, 0.25) is 0 Å². The fraction of sp³-hybridized carbons (Fsp3) is 0.0909. The van der Waals surface area contributed by atoms with Crippen molar-refractivity contribution in [2.45, 2.75) is 6.92 Å². The molecule has 0 spiro atoms. The summed E-state index contributed by atoms with van der Waals surface area (Å²) >= 11 is 0. The third-order valence-corrected chi connectivity index (χ3v) is 1.37. The van der Waals surface area contributed by atoms with E-state index < -0.39 is 0 Å². The van der Waals surface area contributed by atoms with Gasteiger partial charge < -0.3 is 0 Å². The number of benzene rings is 1. The molecule has 0 saturated heterocycles. The molecule has 0 atom stereocenters. The normalized spacial score (nSPS) is 9.50. The van der Waals surface area contributed by atoms with Crippen LogP contribution in [-0.4, -0.2) is 0 Å². The van der Waals surface area contributed by atoms with E-state index >= 15 is 0 Å². The van der Waals surface area contributed by atoms with E-state index in [0.717, 1.165) is 5.56 Å². The smallest absolute Gasteiger partial charge is 0.123 e. The molecule has 0 heterocycles. The molecule has 0 radical (unpaired) electrons. The summed E-state index contributed by atoms with van der Waals surface area (Å²) in [6.45, 7) is 1.77. The summed E-state index contributed by atoms with van der Waals surface area (Å²) in [5.41, 5.74) is 0.958. The van der Waals surface area contributed by atoms with Crippen LogP contribution in [0.1, 0.15) is 12.5 Å². The zero-order chi connectivity index (χ0) is 8.81. The Kier molecular flexibility index (Phi) is 3.10. The van der Waals surface area contributed by atoms with Crippen molar-refractivity contribution in [1.29, 1.82) is 0 Å². The van der Waals surface area contributed by atoms with Gasteiger partial charge in [0.25, 0.3) is 0 Å². The molecule has 0 amide bonds. The maximum atomic E-state index is 12.4. The van der Waals surface area contributed by atoms with Gasteiger partial charge in [0.1, 0.15) is 5.82 Å². The van der Waals surface area contributed by atoms with Gasteiger partial charge in [-0.05, 0) is 36.8 Å². The number of halogens is 1. The lowest BCUT2D eigenvalue weighted by Gasteiger charge is -1.89. The molecule has 1 aromatic rings. The SMILES string of the molecule is CC#C/C=C\c1ccc(F)cc1. The molecule has 60 valence electrons. The molecule has 1 aromatic carbocycles. The second kappa shape index (κ2) is 4.35. The van der Waals surface area contributed by atoms with Crippen LogP contribution in [-0.2, 0) is 0 Å². The summed E-state index contributed by atoms with van der Waals surface area (Å²) in [7, 11) is 0. The quantitative estimate of drug-likeness (QED) is 0.554. The van der Waals surface area contributed by atoms with E-state index in [-0.39, 0.29) is 5.82 Å². The Morgan fingerprint density at radius 3 is 2.50 bits per heavy atom. The lowest BCUT2D eigenvalue weighted by atomic mass is 10.2. The molecule has 0 nitrogen and oxygen atoms in total. The number of hydrogen-bond acceptors (Lipinski definition) is 0. The summed E-state index contributed by atoms with van der Waals surface area (Å²) in [5, 5.41) is 0. The standard InChI is InChI=1S/C11H9F/c1-2-3-4-5-10-6-8-11(12)9-7-10/h4-9H,1H3/b5-4-. The van der Waals surface area contributed by atoms with Gasteiger partial charge in [-0.1, -0.05) is 18.1 Å². The summed E-state index contributed by atoms with van der Waals surface area (Å²) in [6, 6.07) is 6.28. The van der Waals surface area contributed by atoms with Gasteiger partial charge in [-0.2, -0.15) is 0 Å². The zero-order valence-electron chi connectivity index (χ0n) is 6.84. The number of rotatable bonds is 1. The molecule has 0 unspecified atom stereocenters. The van der Waals surface area contributed by atoms with Gasteiger partial charge in [-0.25, -0.2) is 4.39 Å². The van der Waals surface area contributed by atoms with Gasteiger partial charge in [-0.3, -0.25) is 0 Å². The van der Waals surface area contributed by atoms with Gasteiger partial charge >= 0.3 is 0 Å². The third kappa shape index (κ3) is 2.59. The topological polar surface area (TPSA) is 0 Å². The first-order chi connectivity index (χ1) is 5.83. The molecular formula is C11H9F. The maximum Gasteiger partial charge on any atom is 0.123 e. The van der Waals surface area contributed by atoms with Gasteiger partial charge in [0, 0.05) is 0 Å². The van der Waals surface area contributed by atoms with Crippen molar-refractivity contribution in [3.63, 3.8) is 0 Å². The molecule has 0 bridgehead atoms. The van der Waals surface area contributed by atoms with Crippen LogP contribution in [0.15, 0.2) is 30.3 Å². The molecule has 1 rings (SSSR count). The Hall–Kier alpha value is -1.55. The molecule has 0 aromatic heterocycles. The lowest BCUT2D eigenvalue weighted by molar-refractivity contribution is 0.628. The summed E-state index contributed by atoms with van der Waals surface area (Å²) in [5.74, 6) is 5.31. The second-order valence-corrected chi connectivity index (χ2v) is 2.28. The van der Waals surface area contributed by atoms with E-state index in [1.54, 1.807) is 25.1 Å². The number of allylic oxidation sites excluding steroid dienone is 1. The number of hydrogen-bond donors (Lipinski definition) is 0. The average molecular weight is 160 g/mol. The van der Waals surface area contributed by atoms with Crippen LogP contribution >= 0.6 is 0 Å². The largest absolute Gasteiger partial charge is 0.207 e. The van der Waals surface area contributed by atoms with E-state index in [9.17, 15) is 4.39 Å². The molecule has 0 aliphatic carbocycles. The van der Waals surface area contributed by atoms with Crippen LogP contribution in [0.25, 0.3) is 6.08 Å². The van der Waals surface area contributed by atoms with E-state index in [1.807, 2.05) is 6.08 Å². The Balaban J connectivity index is 2.75. The molecule has 1 heteroatoms. The minimum Gasteiger partial charge on any atom is -0.207 e. The summed E-state index contributed by atoms with van der Waals surface area (Å²) < 4.78 is 12.4. The Labute approximate surface area is 71.7 Å². The molecule has 0 fully saturated rings. The van der Waals surface area contributed by atoms with Crippen LogP contribution in [0.4, 0.5) is 4.39 Å². The van der Waals surface area contributed by atoms with Crippen LogP contribution in [0.5, 0.6) is 0 Å². The van der Waals surface area contributed by atoms with E-state index in [2.05, 4.69) is 11.8 Å². The first-order valence-corrected chi connectivity index (χ1v) is 3.67. The fourth-order valence-electron chi connectivity index (χ4n) is 0.795. The van der Waals surface area contributed by atoms with E-state index in [1.165, 1.54) is 12.1 Å². The van der Waals surface area contributed by atoms with Crippen LogP contribution in [0.2, 0.25) is 0 Å². The van der Waals surface area contributed by atoms with Crippen LogP contribution in [0, 0.1) is 17.7 Å². The minimum absolute atomic E-state index is 0.214. The highest BCUT2D eigenvalue weighted by Crippen LogP contribution is 2.03. The third-order valence-electron chi connectivity index (χ3n) is 1.37. The molecule has 0 aliphatic rings. The van der Waals surface area contributed by atoms with E-state index in [4.69, 9.17) is 0 Å².